The number of nitrogens with one attached hydrogen (secondary N) is 1. The fourth-order valence-corrected chi connectivity index (χ4v) is 3.72. The van der Waals surface area contributed by atoms with Crippen molar-refractivity contribution < 1.29 is 8.42 Å². The first-order chi connectivity index (χ1) is 9.03. The van der Waals surface area contributed by atoms with Gasteiger partial charge in [-0.05, 0) is 31.9 Å². The smallest absolute Gasteiger partial charge is 0.207 e. The molecule has 0 saturated heterocycles. The van der Waals surface area contributed by atoms with Gasteiger partial charge in [-0.25, -0.2) is 13.1 Å². The van der Waals surface area contributed by atoms with Gasteiger partial charge in [-0.1, -0.05) is 30.5 Å². The molecule has 0 aromatic heterocycles. The largest absolute Gasteiger partial charge is 0.240 e. The van der Waals surface area contributed by atoms with Crippen molar-refractivity contribution in [1.82, 2.24) is 4.72 Å². The fourth-order valence-electron chi connectivity index (χ4n) is 2.41. The van der Waals surface area contributed by atoms with Gasteiger partial charge in [0.25, 0.3) is 0 Å². The van der Waals surface area contributed by atoms with E-state index < -0.39 is 10.0 Å². The van der Waals surface area contributed by atoms with Crippen LogP contribution in [0.15, 0.2) is 29.2 Å². The average Bonchev–Trinajstić information content (AvgIpc) is 2.39. The van der Waals surface area contributed by atoms with E-state index in [2.05, 4.69) is 10.8 Å². The van der Waals surface area contributed by atoms with Gasteiger partial charge in [-0.2, -0.15) is 5.26 Å². The van der Waals surface area contributed by atoms with Gasteiger partial charge in [0.1, 0.15) is 0 Å². The molecular weight excluding hydrogens is 260 g/mol. The Morgan fingerprint density at radius 3 is 2.47 bits per heavy atom. The van der Waals surface area contributed by atoms with Gasteiger partial charge in [0.05, 0.1) is 16.9 Å². The van der Waals surface area contributed by atoms with Gasteiger partial charge >= 0.3 is 0 Å². The minimum atomic E-state index is -3.52. The topological polar surface area (TPSA) is 70.0 Å². The molecule has 0 spiro atoms. The molecule has 0 heterocycles. The summed E-state index contributed by atoms with van der Waals surface area (Å²) in [5, 5.41) is 9.08. The Labute approximate surface area is 114 Å². The van der Waals surface area contributed by atoms with Crippen LogP contribution in [0.2, 0.25) is 0 Å². The van der Waals surface area contributed by atoms with Gasteiger partial charge in [0.15, 0.2) is 0 Å². The predicted octanol–water partition coefficient (Wildman–Crippen LogP) is 2.36. The van der Waals surface area contributed by atoms with Crippen molar-refractivity contribution in [3.05, 3.63) is 29.8 Å². The highest BCUT2D eigenvalue weighted by Crippen LogP contribution is 2.25. The first-order valence-electron chi connectivity index (χ1n) is 6.51. The number of hydrogen-bond donors (Lipinski definition) is 1. The highest BCUT2D eigenvalue weighted by atomic mass is 32.2. The predicted molar refractivity (Wildman–Crippen MR) is 72.9 cm³/mol. The lowest BCUT2D eigenvalue weighted by atomic mass is 9.86. The quantitative estimate of drug-likeness (QED) is 0.922. The molecule has 1 saturated carbocycles. The van der Waals surface area contributed by atoms with Crippen LogP contribution in [0, 0.1) is 24.2 Å². The SMILES string of the molecule is Cc1ccc(S(=O)(=O)N[C@@H]2CCCC[C@H]2C#N)cc1. The maximum atomic E-state index is 12.3. The van der Waals surface area contributed by atoms with Gasteiger partial charge in [0.2, 0.25) is 10.0 Å². The van der Waals surface area contributed by atoms with E-state index in [1.54, 1.807) is 24.3 Å². The minimum absolute atomic E-state index is 0.214. The summed E-state index contributed by atoms with van der Waals surface area (Å²) in [6.07, 6.45) is 3.49. The van der Waals surface area contributed by atoms with Gasteiger partial charge in [0, 0.05) is 6.04 Å². The van der Waals surface area contributed by atoms with Crippen molar-refractivity contribution in [1.29, 1.82) is 5.26 Å². The second-order valence-electron chi connectivity index (χ2n) is 5.06. The molecule has 102 valence electrons. The summed E-state index contributed by atoms with van der Waals surface area (Å²) in [6, 6.07) is 8.70. The molecule has 2 atom stereocenters. The Bertz CT molecular complexity index is 572. The third-order valence-corrected chi connectivity index (χ3v) is 5.08. The van der Waals surface area contributed by atoms with Crippen LogP contribution in [-0.2, 0) is 10.0 Å². The van der Waals surface area contributed by atoms with Crippen molar-refractivity contribution in [2.45, 2.75) is 43.5 Å². The molecule has 19 heavy (non-hydrogen) atoms. The van der Waals surface area contributed by atoms with E-state index in [4.69, 9.17) is 5.26 Å². The minimum Gasteiger partial charge on any atom is -0.207 e. The van der Waals surface area contributed by atoms with Crippen molar-refractivity contribution in [3.8, 4) is 6.07 Å². The third kappa shape index (κ3) is 3.34. The number of aryl methyl sites for hydroxylation is 1. The molecule has 1 aliphatic rings. The second kappa shape index (κ2) is 5.72. The maximum absolute atomic E-state index is 12.3. The number of nitriles is 1. The van der Waals surface area contributed by atoms with Crippen LogP contribution in [0.1, 0.15) is 31.2 Å². The molecule has 1 N–H and O–H groups in total. The Balaban J connectivity index is 2.17. The summed E-state index contributed by atoms with van der Waals surface area (Å²) in [5.41, 5.74) is 1.02. The van der Waals surface area contributed by atoms with Crippen LogP contribution < -0.4 is 4.72 Å². The number of sulfonamides is 1. The van der Waals surface area contributed by atoms with Crippen molar-refractivity contribution in [2.24, 2.45) is 5.92 Å². The first-order valence-corrected chi connectivity index (χ1v) is 8.00. The molecule has 0 amide bonds. The molecule has 0 bridgehead atoms. The standard InChI is InChI=1S/C14H18N2O2S/c1-11-6-8-13(9-7-11)19(17,18)16-14-5-3-2-4-12(14)10-15/h6-9,12,14,16H,2-5H2,1H3/t12-,14+/m0/s1. The Morgan fingerprint density at radius 1 is 1.21 bits per heavy atom. The zero-order valence-electron chi connectivity index (χ0n) is 11.0. The summed E-state index contributed by atoms with van der Waals surface area (Å²) in [5.74, 6) is -0.214. The Morgan fingerprint density at radius 2 is 1.84 bits per heavy atom. The Kier molecular flexibility index (Phi) is 4.23. The fraction of sp³-hybridized carbons (Fsp3) is 0.500. The van der Waals surface area contributed by atoms with Gasteiger partial charge < -0.3 is 0 Å². The van der Waals surface area contributed by atoms with Crippen LogP contribution in [0.4, 0.5) is 0 Å². The van der Waals surface area contributed by atoms with E-state index in [0.29, 0.717) is 0 Å². The van der Waals surface area contributed by atoms with Crippen LogP contribution in [-0.4, -0.2) is 14.5 Å². The number of nitrogens with zero attached hydrogens (tertiary/aromatic N) is 1. The van der Waals surface area contributed by atoms with Gasteiger partial charge in [-0.15, -0.1) is 0 Å². The second-order valence-corrected chi connectivity index (χ2v) is 6.77. The maximum Gasteiger partial charge on any atom is 0.240 e. The number of benzene rings is 1. The van der Waals surface area contributed by atoms with Crippen LogP contribution in [0.25, 0.3) is 0 Å². The summed E-state index contributed by atoms with van der Waals surface area (Å²) >= 11 is 0. The molecule has 1 aliphatic carbocycles. The van der Waals surface area contributed by atoms with E-state index >= 15 is 0 Å². The van der Waals surface area contributed by atoms with Crippen molar-refractivity contribution in [3.63, 3.8) is 0 Å². The lowest BCUT2D eigenvalue weighted by molar-refractivity contribution is 0.346. The monoisotopic (exact) mass is 278 g/mol. The molecule has 5 heteroatoms. The molecule has 1 fully saturated rings. The van der Waals surface area contributed by atoms with E-state index in [-0.39, 0.29) is 16.9 Å². The highest BCUT2D eigenvalue weighted by Gasteiger charge is 2.29. The summed E-state index contributed by atoms with van der Waals surface area (Å²) in [4.78, 5) is 0.264. The molecule has 0 unspecified atom stereocenters. The van der Waals surface area contributed by atoms with Gasteiger partial charge in [-0.3, -0.25) is 0 Å². The van der Waals surface area contributed by atoms with Crippen molar-refractivity contribution in [2.75, 3.05) is 0 Å². The molecule has 1 aromatic rings. The van der Waals surface area contributed by atoms with E-state index in [1.165, 1.54) is 0 Å². The van der Waals surface area contributed by atoms with Crippen LogP contribution in [0.5, 0.6) is 0 Å². The normalized spacial score (nSPS) is 23.8. The summed E-state index contributed by atoms with van der Waals surface area (Å²) < 4.78 is 27.2. The average molecular weight is 278 g/mol. The molecule has 2 rings (SSSR count). The summed E-state index contributed by atoms with van der Waals surface area (Å²) in [6.45, 7) is 1.91. The molecule has 4 nitrogen and oxygen atoms in total. The molecule has 0 radical (unpaired) electrons. The molecular formula is C14H18N2O2S. The zero-order chi connectivity index (χ0) is 13.9. The van der Waals surface area contributed by atoms with Crippen LogP contribution in [0.3, 0.4) is 0 Å². The third-order valence-electron chi connectivity index (χ3n) is 3.57. The first kappa shape index (κ1) is 14.0. The Hall–Kier alpha value is -1.38. The number of hydrogen-bond acceptors (Lipinski definition) is 3. The number of rotatable bonds is 3. The zero-order valence-corrected chi connectivity index (χ0v) is 11.8. The lowest BCUT2D eigenvalue weighted by Crippen LogP contribution is -2.41. The van der Waals surface area contributed by atoms with E-state index in [1.807, 2.05) is 6.92 Å². The highest BCUT2D eigenvalue weighted by molar-refractivity contribution is 7.89. The molecule has 0 aliphatic heterocycles. The molecule has 1 aromatic carbocycles. The van der Waals surface area contributed by atoms with Crippen LogP contribution >= 0.6 is 0 Å². The van der Waals surface area contributed by atoms with Crippen molar-refractivity contribution >= 4 is 10.0 Å². The van der Waals surface area contributed by atoms with E-state index in [9.17, 15) is 8.42 Å². The summed E-state index contributed by atoms with van der Waals surface area (Å²) in [7, 11) is -3.52. The van der Waals surface area contributed by atoms with E-state index in [0.717, 1.165) is 31.2 Å². The lowest BCUT2D eigenvalue weighted by Gasteiger charge is -2.27.